The second kappa shape index (κ2) is 11.5. The lowest BCUT2D eigenvalue weighted by Gasteiger charge is -2.24. The lowest BCUT2D eigenvalue weighted by atomic mass is 9.83. The fraction of sp³-hybridized carbons (Fsp3) is 1.00. The molecule has 0 atom stereocenters. The van der Waals surface area contributed by atoms with Gasteiger partial charge in [0.15, 0.2) is 0 Å². The summed E-state index contributed by atoms with van der Waals surface area (Å²) in [5, 5.41) is 8.90. The molecule has 0 aliphatic heterocycles. The Bertz CT molecular complexity index is 413. The van der Waals surface area contributed by atoms with Gasteiger partial charge in [0.1, 0.15) is 9.84 Å². The van der Waals surface area contributed by atoms with E-state index in [4.69, 9.17) is 9.84 Å². The predicted molar refractivity (Wildman–Crippen MR) is 102 cm³/mol. The van der Waals surface area contributed by atoms with E-state index < -0.39 is 9.84 Å². The Hall–Kier alpha value is -0.130. The first-order valence-corrected chi connectivity index (χ1v) is 11.4. The number of aliphatic hydroxyl groups excluding tert-OH is 1. The minimum atomic E-state index is -2.90. The van der Waals surface area contributed by atoms with Crippen LogP contribution >= 0.6 is 0 Å². The van der Waals surface area contributed by atoms with Crippen LogP contribution in [0.15, 0.2) is 0 Å². The highest BCUT2D eigenvalue weighted by molar-refractivity contribution is 7.90. The maximum Gasteiger partial charge on any atom is 0.147 e. The summed E-state index contributed by atoms with van der Waals surface area (Å²) < 4.78 is 28.4. The Morgan fingerprint density at radius 3 is 1.71 bits per heavy atom. The molecule has 0 fully saturated rings. The van der Waals surface area contributed by atoms with Crippen molar-refractivity contribution in [2.75, 3.05) is 31.8 Å². The first kappa shape index (κ1) is 23.9. The number of sulfone groups is 1. The van der Waals surface area contributed by atoms with E-state index in [9.17, 15) is 8.42 Å². The summed E-state index contributed by atoms with van der Waals surface area (Å²) in [6.07, 6.45) is 9.63. The lowest BCUT2D eigenvalue weighted by molar-refractivity contribution is 0.120. The number of rotatable bonds is 15. The van der Waals surface area contributed by atoms with Crippen molar-refractivity contribution in [2.45, 2.75) is 79.1 Å². The number of unbranched alkanes of at least 4 members (excludes halogenated alkanes) is 2. The fourth-order valence-electron chi connectivity index (χ4n) is 3.18. The lowest BCUT2D eigenvalue weighted by Crippen LogP contribution is -2.23. The number of aliphatic hydroxyl groups is 1. The normalized spacial score (nSPS) is 13.4. The van der Waals surface area contributed by atoms with Crippen LogP contribution in [0, 0.1) is 10.8 Å². The van der Waals surface area contributed by atoms with Gasteiger partial charge in [-0.05, 0) is 49.4 Å². The summed E-state index contributed by atoms with van der Waals surface area (Å²) >= 11 is 0. The Kier molecular flexibility index (Phi) is 11.4. The molecule has 0 aliphatic rings. The molecule has 4 nitrogen and oxygen atoms in total. The van der Waals surface area contributed by atoms with E-state index in [0.717, 1.165) is 51.7 Å². The van der Waals surface area contributed by atoms with Gasteiger partial charge < -0.3 is 9.84 Å². The van der Waals surface area contributed by atoms with Gasteiger partial charge in [0.2, 0.25) is 0 Å². The molecule has 0 heterocycles. The van der Waals surface area contributed by atoms with Gasteiger partial charge in [-0.3, -0.25) is 0 Å². The van der Waals surface area contributed by atoms with E-state index in [1.54, 1.807) is 0 Å². The van der Waals surface area contributed by atoms with Crippen molar-refractivity contribution in [1.29, 1.82) is 0 Å². The molecule has 0 rings (SSSR count). The molecule has 0 amide bonds. The standard InChI is InChI=1S/C19H40O4S/c1-18(2,13-10-14-20)11-6-8-15-23-16-9-7-12-19(3,4)17-24(5,21)22/h20H,6-17H2,1-5H3. The summed E-state index contributed by atoms with van der Waals surface area (Å²) in [6, 6.07) is 0. The number of ether oxygens (including phenoxy) is 1. The second-order valence-corrected chi connectivity index (χ2v) is 10.9. The molecule has 0 aromatic rings. The third-order valence-electron chi connectivity index (χ3n) is 4.45. The molecule has 0 aliphatic carbocycles. The first-order valence-electron chi connectivity index (χ1n) is 9.34. The van der Waals surface area contributed by atoms with Gasteiger partial charge in [0.05, 0.1) is 5.75 Å². The summed E-state index contributed by atoms with van der Waals surface area (Å²) in [5.41, 5.74) is 0.168. The average molecular weight is 365 g/mol. The molecule has 0 spiro atoms. The predicted octanol–water partition coefficient (Wildman–Crippen LogP) is 4.21. The maximum atomic E-state index is 11.4. The van der Waals surface area contributed by atoms with Crippen LogP contribution in [0.4, 0.5) is 0 Å². The van der Waals surface area contributed by atoms with Gasteiger partial charge in [-0.15, -0.1) is 0 Å². The van der Waals surface area contributed by atoms with Gasteiger partial charge in [-0.25, -0.2) is 8.42 Å². The highest BCUT2D eigenvalue weighted by Gasteiger charge is 2.22. The van der Waals surface area contributed by atoms with Crippen LogP contribution in [-0.4, -0.2) is 45.4 Å². The van der Waals surface area contributed by atoms with Crippen LogP contribution in [0.3, 0.4) is 0 Å². The monoisotopic (exact) mass is 364 g/mol. The van der Waals surface area contributed by atoms with Crippen molar-refractivity contribution in [3.63, 3.8) is 0 Å². The average Bonchev–Trinajstić information content (AvgIpc) is 2.40. The minimum Gasteiger partial charge on any atom is -0.396 e. The Morgan fingerprint density at radius 2 is 1.25 bits per heavy atom. The van der Waals surface area contributed by atoms with E-state index in [-0.39, 0.29) is 17.8 Å². The Labute approximate surface area is 150 Å². The third-order valence-corrected chi connectivity index (χ3v) is 5.75. The van der Waals surface area contributed by atoms with Crippen molar-refractivity contribution in [3.8, 4) is 0 Å². The summed E-state index contributed by atoms with van der Waals surface area (Å²) in [6.45, 7) is 10.4. The zero-order chi connectivity index (χ0) is 18.7. The molecule has 0 aromatic carbocycles. The van der Waals surface area contributed by atoms with E-state index >= 15 is 0 Å². The van der Waals surface area contributed by atoms with Crippen molar-refractivity contribution >= 4 is 9.84 Å². The van der Waals surface area contributed by atoms with Gasteiger partial charge in [0, 0.05) is 26.1 Å². The second-order valence-electron chi connectivity index (χ2n) is 8.75. The van der Waals surface area contributed by atoms with Crippen molar-refractivity contribution in [2.24, 2.45) is 10.8 Å². The zero-order valence-electron chi connectivity index (χ0n) is 16.6. The summed E-state index contributed by atoms with van der Waals surface area (Å²) in [5.74, 6) is 0.257. The molecular formula is C19H40O4S. The topological polar surface area (TPSA) is 63.6 Å². The van der Waals surface area contributed by atoms with Crippen LogP contribution in [0.2, 0.25) is 0 Å². The van der Waals surface area contributed by atoms with E-state index in [1.807, 2.05) is 13.8 Å². The molecule has 0 saturated heterocycles. The zero-order valence-corrected chi connectivity index (χ0v) is 17.4. The molecule has 0 unspecified atom stereocenters. The smallest absolute Gasteiger partial charge is 0.147 e. The first-order chi connectivity index (χ1) is 11.0. The van der Waals surface area contributed by atoms with Gasteiger partial charge in [-0.1, -0.05) is 40.5 Å². The van der Waals surface area contributed by atoms with Crippen molar-refractivity contribution in [3.05, 3.63) is 0 Å². The van der Waals surface area contributed by atoms with E-state index in [2.05, 4.69) is 13.8 Å². The fourth-order valence-corrected chi connectivity index (χ4v) is 4.75. The van der Waals surface area contributed by atoms with Gasteiger partial charge in [0.25, 0.3) is 0 Å². The molecule has 0 aromatic heterocycles. The number of hydrogen-bond donors (Lipinski definition) is 1. The van der Waals surface area contributed by atoms with Crippen LogP contribution in [-0.2, 0) is 14.6 Å². The molecule has 0 bridgehead atoms. The molecule has 146 valence electrons. The van der Waals surface area contributed by atoms with E-state index in [1.165, 1.54) is 19.1 Å². The minimum absolute atomic E-state index is 0.145. The molecule has 0 radical (unpaired) electrons. The van der Waals surface area contributed by atoms with Gasteiger partial charge >= 0.3 is 0 Å². The van der Waals surface area contributed by atoms with Crippen LogP contribution in [0.25, 0.3) is 0 Å². The molecule has 24 heavy (non-hydrogen) atoms. The summed E-state index contributed by atoms with van der Waals surface area (Å²) in [4.78, 5) is 0. The van der Waals surface area contributed by atoms with Gasteiger partial charge in [-0.2, -0.15) is 0 Å². The molecular weight excluding hydrogens is 324 g/mol. The van der Waals surface area contributed by atoms with Crippen molar-refractivity contribution < 1.29 is 18.3 Å². The summed E-state index contributed by atoms with van der Waals surface area (Å²) in [7, 11) is -2.90. The Morgan fingerprint density at radius 1 is 0.792 bits per heavy atom. The third kappa shape index (κ3) is 15.4. The highest BCUT2D eigenvalue weighted by atomic mass is 32.2. The van der Waals surface area contributed by atoms with Crippen LogP contribution < -0.4 is 0 Å². The molecule has 0 saturated carbocycles. The maximum absolute atomic E-state index is 11.4. The molecule has 1 N–H and O–H groups in total. The SMILES string of the molecule is CC(C)(CCCO)CCCCOCCCCC(C)(C)CS(C)(=O)=O. The molecule has 5 heteroatoms. The van der Waals surface area contributed by atoms with E-state index in [0.29, 0.717) is 5.41 Å². The largest absolute Gasteiger partial charge is 0.396 e. The van der Waals surface area contributed by atoms with Crippen LogP contribution in [0.1, 0.15) is 79.1 Å². The Balaban J connectivity index is 3.58. The van der Waals surface area contributed by atoms with Crippen LogP contribution in [0.5, 0.6) is 0 Å². The van der Waals surface area contributed by atoms with Crippen molar-refractivity contribution in [1.82, 2.24) is 0 Å². The quantitative estimate of drug-likeness (QED) is 0.442. The number of hydrogen-bond acceptors (Lipinski definition) is 4. The highest BCUT2D eigenvalue weighted by Crippen LogP contribution is 2.28.